The summed E-state index contributed by atoms with van der Waals surface area (Å²) in [7, 11) is 1.54. The smallest absolute Gasteiger partial charge is 0.319 e. The van der Waals surface area contributed by atoms with Gasteiger partial charge >= 0.3 is 6.03 Å². The molecular weight excluding hydrogens is 314 g/mol. The summed E-state index contributed by atoms with van der Waals surface area (Å²) in [6.45, 7) is 0.376. The zero-order valence-corrected chi connectivity index (χ0v) is 13.6. The average molecular weight is 332 g/mol. The lowest BCUT2D eigenvalue weighted by molar-refractivity contribution is 0.251. The van der Waals surface area contributed by atoms with Crippen molar-refractivity contribution in [3.05, 3.63) is 52.8 Å². The van der Waals surface area contributed by atoms with Gasteiger partial charge in [0, 0.05) is 11.9 Å². The van der Waals surface area contributed by atoms with Crippen LogP contribution in [0, 0.1) is 0 Å². The van der Waals surface area contributed by atoms with E-state index in [-0.39, 0.29) is 6.03 Å². The van der Waals surface area contributed by atoms with Gasteiger partial charge in [0.2, 0.25) is 0 Å². The lowest BCUT2D eigenvalue weighted by Crippen LogP contribution is -2.28. The fourth-order valence-corrected chi connectivity index (χ4v) is 2.55. The number of urea groups is 1. The average Bonchev–Trinajstić information content (AvgIpc) is 3.39. The van der Waals surface area contributed by atoms with Crippen LogP contribution in [0.2, 0.25) is 5.02 Å². The van der Waals surface area contributed by atoms with Crippen LogP contribution in [-0.4, -0.2) is 18.1 Å². The molecule has 2 amide bonds. The Kier molecular flexibility index (Phi) is 4.67. The Labute approximate surface area is 140 Å². The topological polar surface area (TPSA) is 63.2 Å². The summed E-state index contributed by atoms with van der Waals surface area (Å²) >= 11 is 6.02. The van der Waals surface area contributed by atoms with Gasteiger partial charge in [-0.15, -0.1) is 0 Å². The number of rotatable bonds is 5. The van der Waals surface area contributed by atoms with E-state index in [1.165, 1.54) is 18.4 Å². The molecular formula is C17H18ClN3O2. The van der Waals surface area contributed by atoms with E-state index < -0.39 is 0 Å². The molecule has 1 heterocycles. The zero-order valence-electron chi connectivity index (χ0n) is 12.8. The molecule has 1 saturated carbocycles. The highest BCUT2D eigenvalue weighted by Crippen LogP contribution is 2.39. The first-order chi connectivity index (χ1) is 11.2. The van der Waals surface area contributed by atoms with Crippen molar-refractivity contribution in [2.75, 3.05) is 12.4 Å². The molecule has 23 heavy (non-hydrogen) atoms. The van der Waals surface area contributed by atoms with Gasteiger partial charge in [-0.1, -0.05) is 17.7 Å². The van der Waals surface area contributed by atoms with Crippen molar-refractivity contribution in [3.63, 3.8) is 0 Å². The summed E-state index contributed by atoms with van der Waals surface area (Å²) in [5, 5.41) is 5.95. The van der Waals surface area contributed by atoms with E-state index in [0.717, 1.165) is 5.69 Å². The first kappa shape index (κ1) is 15.6. The number of methoxy groups -OCH3 is 1. The van der Waals surface area contributed by atoms with Crippen LogP contribution >= 0.6 is 11.6 Å². The van der Waals surface area contributed by atoms with Crippen LogP contribution in [0.4, 0.5) is 10.5 Å². The molecule has 2 N–H and O–H groups in total. The number of hydrogen-bond donors (Lipinski definition) is 2. The molecule has 6 heteroatoms. The van der Waals surface area contributed by atoms with E-state index in [1.54, 1.807) is 25.3 Å². The van der Waals surface area contributed by atoms with Crippen LogP contribution < -0.4 is 15.4 Å². The summed E-state index contributed by atoms with van der Waals surface area (Å²) in [5.74, 6) is 1.25. The number of hydrogen-bond acceptors (Lipinski definition) is 3. The maximum atomic E-state index is 11.9. The minimum atomic E-state index is -0.306. The second-order valence-corrected chi connectivity index (χ2v) is 5.92. The zero-order chi connectivity index (χ0) is 16.2. The number of halogens is 1. The molecule has 0 radical (unpaired) electrons. The van der Waals surface area contributed by atoms with Crippen molar-refractivity contribution >= 4 is 23.3 Å². The number of carbonyl (C=O) groups excluding carboxylic acids is 1. The predicted molar refractivity (Wildman–Crippen MR) is 90.1 cm³/mol. The van der Waals surface area contributed by atoms with Crippen molar-refractivity contribution in [1.82, 2.24) is 10.3 Å². The normalized spacial score (nSPS) is 13.5. The monoisotopic (exact) mass is 331 g/mol. The molecule has 0 spiro atoms. The van der Waals surface area contributed by atoms with Crippen LogP contribution in [-0.2, 0) is 6.54 Å². The number of nitrogens with one attached hydrogen (secondary N) is 2. The largest absolute Gasteiger partial charge is 0.495 e. The molecule has 1 fully saturated rings. The van der Waals surface area contributed by atoms with Crippen molar-refractivity contribution < 1.29 is 9.53 Å². The van der Waals surface area contributed by atoms with E-state index in [9.17, 15) is 4.79 Å². The number of aromatic nitrogens is 1. The van der Waals surface area contributed by atoms with Crippen LogP contribution in [0.25, 0.3) is 0 Å². The Hall–Kier alpha value is -2.27. The number of nitrogens with zero attached hydrogens (tertiary/aromatic N) is 1. The van der Waals surface area contributed by atoms with E-state index in [1.807, 2.05) is 12.3 Å². The summed E-state index contributed by atoms with van der Waals surface area (Å²) in [4.78, 5) is 16.3. The Morgan fingerprint density at radius 1 is 1.35 bits per heavy atom. The predicted octanol–water partition coefficient (Wildman–Crippen LogP) is 3.94. The molecule has 2 aromatic rings. The molecule has 1 aromatic heterocycles. The number of pyridine rings is 1. The first-order valence-electron chi connectivity index (χ1n) is 7.49. The van der Waals surface area contributed by atoms with Gasteiger partial charge < -0.3 is 15.4 Å². The van der Waals surface area contributed by atoms with Crippen LogP contribution in [0.5, 0.6) is 5.75 Å². The van der Waals surface area contributed by atoms with Crippen molar-refractivity contribution in [3.8, 4) is 5.75 Å². The summed E-state index contributed by atoms with van der Waals surface area (Å²) in [6, 6.07) is 8.81. The summed E-state index contributed by atoms with van der Waals surface area (Å²) < 4.78 is 5.07. The van der Waals surface area contributed by atoms with Crippen LogP contribution in [0.3, 0.4) is 0 Å². The Morgan fingerprint density at radius 3 is 2.78 bits per heavy atom. The fraction of sp³-hybridized carbons (Fsp3) is 0.294. The minimum Gasteiger partial charge on any atom is -0.495 e. The number of anilines is 1. The van der Waals surface area contributed by atoms with Gasteiger partial charge in [-0.3, -0.25) is 4.98 Å². The van der Waals surface area contributed by atoms with Crippen molar-refractivity contribution in [2.24, 2.45) is 0 Å². The second-order valence-electron chi connectivity index (χ2n) is 5.51. The molecule has 1 aliphatic rings. The molecule has 1 aromatic carbocycles. The quantitative estimate of drug-likeness (QED) is 0.872. The molecule has 120 valence electrons. The highest BCUT2D eigenvalue weighted by atomic mass is 35.5. The molecule has 0 saturated heterocycles. The van der Waals surface area contributed by atoms with Gasteiger partial charge in [-0.05, 0) is 48.6 Å². The second kappa shape index (κ2) is 6.87. The van der Waals surface area contributed by atoms with Gasteiger partial charge in [0.05, 0.1) is 24.4 Å². The molecule has 5 nitrogen and oxygen atoms in total. The molecule has 0 bridgehead atoms. The summed E-state index contributed by atoms with van der Waals surface area (Å²) in [6.07, 6.45) is 4.41. The SMILES string of the molecule is COc1ccc(NC(=O)NCc2ccc(C3CC3)cn2)cc1Cl. The van der Waals surface area contributed by atoms with E-state index in [2.05, 4.69) is 21.7 Å². The lowest BCUT2D eigenvalue weighted by Gasteiger charge is -2.09. The highest BCUT2D eigenvalue weighted by Gasteiger charge is 2.23. The Bertz CT molecular complexity index is 699. The Balaban J connectivity index is 1.51. The van der Waals surface area contributed by atoms with Gasteiger partial charge in [-0.2, -0.15) is 0 Å². The van der Waals surface area contributed by atoms with Crippen molar-refractivity contribution in [1.29, 1.82) is 0 Å². The molecule has 0 unspecified atom stereocenters. The summed E-state index contributed by atoms with van der Waals surface area (Å²) in [5.41, 5.74) is 2.72. The number of amides is 2. The molecule has 1 aliphatic carbocycles. The maximum Gasteiger partial charge on any atom is 0.319 e. The molecule has 0 atom stereocenters. The molecule has 0 aliphatic heterocycles. The number of ether oxygens (including phenoxy) is 1. The van der Waals surface area contributed by atoms with Gasteiger partial charge in [0.15, 0.2) is 0 Å². The standard InChI is InChI=1S/C17H18ClN3O2/c1-23-16-7-6-13(8-15(16)18)21-17(22)20-10-14-5-4-12(9-19-14)11-2-3-11/h4-9,11H,2-3,10H2,1H3,(H2,20,21,22). The van der Waals surface area contributed by atoms with Crippen LogP contribution in [0.1, 0.15) is 30.0 Å². The third kappa shape index (κ3) is 4.13. The third-order valence-corrected chi connectivity index (χ3v) is 4.03. The van der Waals surface area contributed by atoms with Crippen molar-refractivity contribution in [2.45, 2.75) is 25.3 Å². The van der Waals surface area contributed by atoms with E-state index in [0.29, 0.717) is 28.9 Å². The maximum absolute atomic E-state index is 11.9. The molecule has 3 rings (SSSR count). The fourth-order valence-electron chi connectivity index (χ4n) is 2.29. The number of carbonyl (C=O) groups is 1. The third-order valence-electron chi connectivity index (χ3n) is 3.74. The lowest BCUT2D eigenvalue weighted by atomic mass is 10.2. The van der Waals surface area contributed by atoms with Gasteiger partial charge in [0.25, 0.3) is 0 Å². The van der Waals surface area contributed by atoms with Crippen LogP contribution in [0.15, 0.2) is 36.5 Å². The minimum absolute atomic E-state index is 0.306. The first-order valence-corrected chi connectivity index (χ1v) is 7.86. The van der Waals surface area contributed by atoms with Gasteiger partial charge in [0.1, 0.15) is 5.75 Å². The Morgan fingerprint density at radius 2 is 2.17 bits per heavy atom. The number of benzene rings is 1. The van der Waals surface area contributed by atoms with E-state index in [4.69, 9.17) is 16.3 Å². The van der Waals surface area contributed by atoms with E-state index >= 15 is 0 Å². The van der Waals surface area contributed by atoms with Gasteiger partial charge in [-0.25, -0.2) is 4.79 Å². The highest BCUT2D eigenvalue weighted by molar-refractivity contribution is 6.32.